The standard InChI is InChI=1S/C33H47N3O7/c1-21(34-30(41)43-33(8,9)10)28(39)36(31(2,3)4)26(23-18-14-15-19-25(23)37)27(38)35-24(29(40)42-32(5,6)7)20-22-16-12-11-13-17-22/h11-19,21,24,26,37H,20H2,1-10H3,(H,34,41)(H,35,38). The fraction of sp³-hybridized carbons (Fsp3) is 0.515. The van der Waals surface area contributed by atoms with Crippen molar-refractivity contribution in [3.05, 3.63) is 65.7 Å². The largest absolute Gasteiger partial charge is 0.508 e. The van der Waals surface area contributed by atoms with Crippen LogP contribution in [0.1, 0.15) is 86.4 Å². The molecule has 0 aliphatic rings. The van der Waals surface area contributed by atoms with Crippen LogP contribution in [0.5, 0.6) is 5.75 Å². The predicted molar refractivity (Wildman–Crippen MR) is 164 cm³/mol. The lowest BCUT2D eigenvalue weighted by Gasteiger charge is -2.43. The Morgan fingerprint density at radius 3 is 1.84 bits per heavy atom. The molecule has 0 heterocycles. The molecule has 3 N–H and O–H groups in total. The molecule has 0 aliphatic carbocycles. The molecule has 0 radical (unpaired) electrons. The second kappa shape index (κ2) is 13.9. The highest BCUT2D eigenvalue weighted by Gasteiger charge is 2.43. The van der Waals surface area contributed by atoms with Gasteiger partial charge >= 0.3 is 12.1 Å². The summed E-state index contributed by atoms with van der Waals surface area (Å²) < 4.78 is 11.0. The Hall–Kier alpha value is -4.08. The van der Waals surface area contributed by atoms with Crippen LogP contribution in [0.25, 0.3) is 0 Å². The van der Waals surface area contributed by atoms with E-state index in [4.69, 9.17) is 9.47 Å². The van der Waals surface area contributed by atoms with Gasteiger partial charge in [0.25, 0.3) is 0 Å². The van der Waals surface area contributed by atoms with Crippen LogP contribution in [0, 0.1) is 0 Å². The monoisotopic (exact) mass is 597 g/mol. The summed E-state index contributed by atoms with van der Waals surface area (Å²) in [7, 11) is 0. The Morgan fingerprint density at radius 1 is 0.791 bits per heavy atom. The Bertz CT molecular complexity index is 1270. The summed E-state index contributed by atoms with van der Waals surface area (Å²) in [6.45, 7) is 17.0. The number of carbonyl (C=O) groups excluding carboxylic acids is 4. The maximum Gasteiger partial charge on any atom is 0.408 e. The number of nitrogens with zero attached hydrogens (tertiary/aromatic N) is 1. The van der Waals surface area contributed by atoms with Crippen LogP contribution in [0.15, 0.2) is 54.6 Å². The van der Waals surface area contributed by atoms with Gasteiger partial charge in [0, 0.05) is 17.5 Å². The number of para-hydroxylation sites is 1. The van der Waals surface area contributed by atoms with E-state index in [-0.39, 0.29) is 17.7 Å². The molecule has 2 rings (SSSR count). The number of carbonyl (C=O) groups is 4. The Balaban J connectivity index is 2.57. The number of phenols is 1. The van der Waals surface area contributed by atoms with Crippen molar-refractivity contribution in [1.29, 1.82) is 0 Å². The average Bonchev–Trinajstić information content (AvgIpc) is 2.84. The summed E-state index contributed by atoms with van der Waals surface area (Å²) in [5.41, 5.74) is -1.65. The normalized spacial score (nSPS) is 14.1. The molecule has 0 bridgehead atoms. The van der Waals surface area contributed by atoms with E-state index in [0.717, 1.165) is 5.56 Å². The van der Waals surface area contributed by atoms with Gasteiger partial charge in [-0.25, -0.2) is 9.59 Å². The third-order valence-electron chi connectivity index (χ3n) is 6.09. The van der Waals surface area contributed by atoms with Gasteiger partial charge in [-0.2, -0.15) is 0 Å². The van der Waals surface area contributed by atoms with Gasteiger partial charge in [-0.05, 0) is 80.9 Å². The minimum absolute atomic E-state index is 0.134. The zero-order valence-electron chi connectivity index (χ0n) is 27.0. The van der Waals surface area contributed by atoms with Crippen LogP contribution < -0.4 is 10.6 Å². The molecule has 0 saturated carbocycles. The highest BCUT2D eigenvalue weighted by molar-refractivity contribution is 5.94. The predicted octanol–water partition coefficient (Wildman–Crippen LogP) is 5.04. The quantitative estimate of drug-likeness (QED) is 0.345. The van der Waals surface area contributed by atoms with Crippen molar-refractivity contribution < 1.29 is 33.8 Å². The molecule has 2 aromatic rings. The molecular formula is C33H47N3O7. The minimum atomic E-state index is -1.38. The molecule has 0 spiro atoms. The Morgan fingerprint density at radius 2 is 1.33 bits per heavy atom. The van der Waals surface area contributed by atoms with Crippen molar-refractivity contribution in [1.82, 2.24) is 15.5 Å². The van der Waals surface area contributed by atoms with Crippen LogP contribution in [-0.4, -0.2) is 62.7 Å². The summed E-state index contributed by atoms with van der Waals surface area (Å²) in [4.78, 5) is 55.4. The Kier molecular flexibility index (Phi) is 11.4. The van der Waals surface area contributed by atoms with Gasteiger partial charge < -0.3 is 30.1 Å². The fourth-order valence-corrected chi connectivity index (χ4v) is 4.38. The maximum atomic E-state index is 14.3. The zero-order valence-corrected chi connectivity index (χ0v) is 27.0. The van der Waals surface area contributed by atoms with E-state index >= 15 is 0 Å². The van der Waals surface area contributed by atoms with Crippen LogP contribution in [-0.2, 0) is 30.3 Å². The van der Waals surface area contributed by atoms with Crippen molar-refractivity contribution in [2.75, 3.05) is 0 Å². The van der Waals surface area contributed by atoms with Crippen molar-refractivity contribution in [3.8, 4) is 5.75 Å². The van der Waals surface area contributed by atoms with Crippen molar-refractivity contribution in [2.45, 2.75) is 111 Å². The zero-order chi connectivity index (χ0) is 32.8. The molecule has 43 heavy (non-hydrogen) atoms. The smallest absolute Gasteiger partial charge is 0.408 e. The van der Waals surface area contributed by atoms with Gasteiger partial charge in [-0.15, -0.1) is 0 Å². The first-order valence-electron chi connectivity index (χ1n) is 14.4. The number of hydrogen-bond donors (Lipinski definition) is 3. The second-order valence-electron chi connectivity index (χ2n) is 13.5. The van der Waals surface area contributed by atoms with Crippen molar-refractivity contribution in [3.63, 3.8) is 0 Å². The van der Waals surface area contributed by atoms with Gasteiger partial charge in [0.15, 0.2) is 0 Å². The van der Waals surface area contributed by atoms with Gasteiger partial charge in [0.1, 0.15) is 35.1 Å². The number of nitrogens with one attached hydrogen (secondary N) is 2. The topological polar surface area (TPSA) is 134 Å². The van der Waals surface area contributed by atoms with Crippen LogP contribution in [0.3, 0.4) is 0 Å². The molecule has 0 saturated heterocycles. The summed E-state index contributed by atoms with van der Waals surface area (Å²) in [5, 5.41) is 16.2. The highest BCUT2D eigenvalue weighted by Crippen LogP contribution is 2.34. The molecule has 0 aliphatic heterocycles. The van der Waals surface area contributed by atoms with E-state index in [0.29, 0.717) is 0 Å². The number of hydrogen-bond acceptors (Lipinski definition) is 7. The van der Waals surface area contributed by atoms with Gasteiger partial charge in [-0.3, -0.25) is 9.59 Å². The minimum Gasteiger partial charge on any atom is -0.508 e. The lowest BCUT2D eigenvalue weighted by atomic mass is 9.94. The van der Waals surface area contributed by atoms with E-state index in [9.17, 15) is 24.3 Å². The van der Waals surface area contributed by atoms with Crippen LogP contribution >= 0.6 is 0 Å². The van der Waals surface area contributed by atoms with E-state index < -0.39 is 58.7 Å². The number of rotatable bonds is 9. The highest BCUT2D eigenvalue weighted by atomic mass is 16.6. The molecule has 3 atom stereocenters. The third kappa shape index (κ3) is 10.9. The first-order chi connectivity index (χ1) is 19.7. The molecule has 10 heteroatoms. The van der Waals surface area contributed by atoms with Gasteiger partial charge in [0.05, 0.1) is 0 Å². The fourth-order valence-electron chi connectivity index (χ4n) is 4.38. The third-order valence-corrected chi connectivity index (χ3v) is 6.09. The summed E-state index contributed by atoms with van der Waals surface area (Å²) in [6.07, 6.45) is -0.659. The Labute approximate surface area is 255 Å². The van der Waals surface area contributed by atoms with E-state index in [2.05, 4.69) is 10.6 Å². The van der Waals surface area contributed by atoms with Crippen LogP contribution in [0.2, 0.25) is 0 Å². The number of aromatic hydroxyl groups is 1. The summed E-state index contributed by atoms with van der Waals surface area (Å²) >= 11 is 0. The number of alkyl carbamates (subject to hydrolysis) is 1. The molecule has 0 fully saturated rings. The van der Waals surface area contributed by atoms with Crippen molar-refractivity contribution >= 4 is 23.9 Å². The number of ether oxygens (including phenoxy) is 2. The van der Waals surface area contributed by atoms with E-state index in [1.54, 1.807) is 74.4 Å². The molecular weight excluding hydrogens is 550 g/mol. The first kappa shape index (κ1) is 35.1. The van der Waals surface area contributed by atoms with Crippen LogP contribution in [0.4, 0.5) is 4.79 Å². The summed E-state index contributed by atoms with van der Waals surface area (Å²) in [5.74, 6) is -2.16. The molecule has 236 valence electrons. The number of esters is 1. The lowest BCUT2D eigenvalue weighted by Crippen LogP contribution is -2.59. The molecule has 10 nitrogen and oxygen atoms in total. The van der Waals surface area contributed by atoms with Gasteiger partial charge in [-0.1, -0.05) is 48.5 Å². The second-order valence-corrected chi connectivity index (χ2v) is 13.5. The number of phenolic OH excluding ortho intramolecular Hbond substituents is 1. The van der Waals surface area contributed by atoms with E-state index in [1.165, 1.54) is 24.0 Å². The molecule has 3 amide bonds. The molecule has 2 aromatic carbocycles. The first-order valence-corrected chi connectivity index (χ1v) is 14.4. The lowest BCUT2D eigenvalue weighted by molar-refractivity contribution is -0.159. The number of benzene rings is 2. The van der Waals surface area contributed by atoms with Gasteiger partial charge in [0.2, 0.25) is 11.8 Å². The number of amides is 3. The van der Waals surface area contributed by atoms with Crippen molar-refractivity contribution in [2.24, 2.45) is 0 Å². The summed E-state index contributed by atoms with van der Waals surface area (Å²) in [6, 6.07) is 11.8. The molecule has 0 aromatic heterocycles. The maximum absolute atomic E-state index is 14.3. The average molecular weight is 598 g/mol. The SMILES string of the molecule is CC(NC(=O)OC(C)(C)C)C(=O)N(C(C(=O)NC(Cc1ccccc1)C(=O)OC(C)(C)C)c1ccccc1O)C(C)(C)C. The van der Waals surface area contributed by atoms with E-state index in [1.807, 2.05) is 30.3 Å². The molecule has 3 unspecified atom stereocenters.